The van der Waals surface area contributed by atoms with Gasteiger partial charge in [0.15, 0.2) is 0 Å². The van der Waals surface area contributed by atoms with Crippen LogP contribution in [0, 0.1) is 5.12 Å². The first-order chi connectivity index (χ1) is 15.6. The van der Waals surface area contributed by atoms with E-state index in [1.54, 1.807) is 0 Å². The molecule has 4 aromatic carbocycles. The topological polar surface area (TPSA) is 0 Å². The van der Waals surface area contributed by atoms with Crippen molar-refractivity contribution >= 4 is 41.7 Å². The predicted octanol–water partition coefficient (Wildman–Crippen LogP) is 8.46. The minimum absolute atomic E-state index is 0. The molecule has 0 saturated carbocycles. The Hall–Kier alpha value is -1.02. The summed E-state index contributed by atoms with van der Waals surface area (Å²) in [6.45, 7) is 0. The first-order valence-electron chi connectivity index (χ1n) is 10.5. The molecule has 0 heterocycles. The number of hydrogen-bond donors (Lipinski definition) is 0. The molecule has 5 heteroatoms. The van der Waals surface area contributed by atoms with Gasteiger partial charge >= 0.3 is 0 Å². The standard InChI is InChI=1S/C14H12Cl2P.C14H15P.Pd/c15-13(17)14(16,11-7-3-1-4-8-11)12-9-5-2-6-10-12;15-11-14(12-7-3-1-4-8-12)13-9-5-2-6-10-13;/h1-10H,17H2;1-10,14H,11,15H2;/q-1;;. The Morgan fingerprint density at radius 3 is 1.21 bits per heavy atom. The molecular weight excluding hydrogens is 576 g/mol. The zero-order chi connectivity index (χ0) is 22.8. The van der Waals surface area contributed by atoms with Crippen molar-refractivity contribution < 1.29 is 20.4 Å². The van der Waals surface area contributed by atoms with Crippen LogP contribution in [-0.4, -0.2) is 6.16 Å². The third kappa shape index (κ3) is 7.48. The van der Waals surface area contributed by atoms with E-state index in [1.807, 2.05) is 60.7 Å². The van der Waals surface area contributed by atoms with Crippen molar-refractivity contribution in [1.29, 1.82) is 0 Å². The number of alkyl halides is 1. The van der Waals surface area contributed by atoms with Crippen LogP contribution in [0.1, 0.15) is 28.2 Å². The summed E-state index contributed by atoms with van der Waals surface area (Å²) in [7, 11) is 5.34. The molecule has 174 valence electrons. The molecule has 0 nitrogen and oxygen atoms in total. The van der Waals surface area contributed by atoms with E-state index in [0.717, 1.165) is 17.3 Å². The van der Waals surface area contributed by atoms with Crippen molar-refractivity contribution in [2.75, 3.05) is 6.16 Å². The van der Waals surface area contributed by atoms with E-state index in [0.29, 0.717) is 11.0 Å². The van der Waals surface area contributed by atoms with E-state index < -0.39 is 4.87 Å². The van der Waals surface area contributed by atoms with Crippen LogP contribution in [0.2, 0.25) is 0 Å². The monoisotopic (exact) mass is 601 g/mol. The second kappa shape index (κ2) is 14.4. The normalized spacial score (nSPS) is 10.8. The molecule has 4 aromatic rings. The number of benzene rings is 4. The maximum Gasteiger partial charge on any atom is 0.0124 e. The van der Waals surface area contributed by atoms with Gasteiger partial charge in [-0.2, -0.15) is 5.12 Å². The zero-order valence-corrected chi connectivity index (χ0v) is 23.4. The summed E-state index contributed by atoms with van der Waals surface area (Å²) in [5, 5.41) is 0.566. The molecule has 0 aliphatic carbocycles. The first kappa shape index (κ1) is 28.2. The molecule has 0 aliphatic rings. The van der Waals surface area contributed by atoms with E-state index in [-0.39, 0.29) is 20.4 Å². The Bertz CT molecular complexity index is 967. The summed E-state index contributed by atoms with van der Waals surface area (Å²) in [4.78, 5) is -0.797. The molecular formula is C28H27Cl2P2Pd-. The summed E-state index contributed by atoms with van der Waals surface area (Å²) in [5.74, 6) is 0.498. The van der Waals surface area contributed by atoms with Crippen molar-refractivity contribution in [1.82, 2.24) is 0 Å². The third-order valence-electron chi connectivity index (χ3n) is 5.31. The predicted molar refractivity (Wildman–Crippen MR) is 148 cm³/mol. The van der Waals surface area contributed by atoms with Crippen LogP contribution in [-0.2, 0) is 25.3 Å². The van der Waals surface area contributed by atoms with Gasteiger partial charge < -0.3 is 11.6 Å². The Morgan fingerprint density at radius 1 is 0.636 bits per heavy atom. The van der Waals surface area contributed by atoms with Crippen LogP contribution < -0.4 is 0 Å². The first-order valence-corrected chi connectivity index (χ1v) is 12.6. The van der Waals surface area contributed by atoms with Gasteiger partial charge in [0, 0.05) is 26.3 Å². The van der Waals surface area contributed by atoms with Crippen LogP contribution in [0.4, 0.5) is 0 Å². The van der Waals surface area contributed by atoms with E-state index in [2.05, 4.69) is 79.1 Å². The van der Waals surface area contributed by atoms with Gasteiger partial charge in [0.25, 0.3) is 0 Å². The minimum atomic E-state index is -0.797. The van der Waals surface area contributed by atoms with Crippen molar-refractivity contribution in [2.45, 2.75) is 10.8 Å². The van der Waals surface area contributed by atoms with E-state index in [9.17, 15) is 0 Å². The van der Waals surface area contributed by atoms with E-state index in [1.165, 1.54) is 11.1 Å². The Kier molecular flexibility index (Phi) is 12.3. The number of rotatable bonds is 6. The maximum absolute atomic E-state index is 6.74. The van der Waals surface area contributed by atoms with Gasteiger partial charge in [0.05, 0.1) is 0 Å². The summed E-state index contributed by atoms with van der Waals surface area (Å²) >= 11 is 12.9. The smallest absolute Gasteiger partial charge is 0.0124 e. The Morgan fingerprint density at radius 2 is 0.939 bits per heavy atom. The van der Waals surface area contributed by atoms with Gasteiger partial charge in [-0.15, -0.1) is 20.8 Å². The molecule has 0 aliphatic heterocycles. The average Bonchev–Trinajstić information content (AvgIpc) is 2.87. The maximum atomic E-state index is 6.74. The molecule has 0 aromatic heterocycles. The van der Waals surface area contributed by atoms with Gasteiger partial charge in [-0.05, 0) is 22.2 Å². The third-order valence-corrected chi connectivity index (χ3v) is 7.42. The van der Waals surface area contributed by atoms with E-state index in [4.69, 9.17) is 23.2 Å². The number of halogens is 2. The van der Waals surface area contributed by atoms with E-state index >= 15 is 0 Å². The Balaban J connectivity index is 0.000000228. The van der Waals surface area contributed by atoms with Gasteiger partial charge in [0.2, 0.25) is 0 Å². The van der Waals surface area contributed by atoms with Crippen LogP contribution in [0.15, 0.2) is 121 Å². The molecule has 0 bridgehead atoms. The number of hydrogen-bond acceptors (Lipinski definition) is 0. The van der Waals surface area contributed by atoms with Gasteiger partial charge in [0.1, 0.15) is 0 Å². The van der Waals surface area contributed by atoms with Gasteiger partial charge in [-0.25, -0.2) is 0 Å². The second-order valence-electron chi connectivity index (χ2n) is 7.35. The molecule has 0 fully saturated rings. The summed E-state index contributed by atoms with van der Waals surface area (Å²) in [6.07, 6.45) is 1.06. The minimum Gasteiger partial charge on any atom is -0.339 e. The average molecular weight is 603 g/mol. The molecule has 0 spiro atoms. The Labute approximate surface area is 226 Å². The fraction of sp³-hybridized carbons (Fsp3) is 0.107. The summed E-state index contributed by atoms with van der Waals surface area (Å²) in [5.41, 5.74) is 4.71. The van der Waals surface area contributed by atoms with Gasteiger partial charge in [-0.1, -0.05) is 132 Å². The van der Waals surface area contributed by atoms with Crippen molar-refractivity contribution in [3.05, 3.63) is 149 Å². The summed E-state index contributed by atoms with van der Waals surface area (Å²) < 4.78 is 0. The molecule has 2 unspecified atom stereocenters. The van der Waals surface area contributed by atoms with Crippen LogP contribution in [0.5, 0.6) is 0 Å². The molecule has 33 heavy (non-hydrogen) atoms. The fourth-order valence-corrected chi connectivity index (χ4v) is 4.96. The zero-order valence-electron chi connectivity index (χ0n) is 18.1. The molecule has 0 N–H and O–H groups in total. The molecule has 4 rings (SSSR count). The van der Waals surface area contributed by atoms with Gasteiger partial charge in [-0.3, -0.25) is 9.24 Å². The molecule has 0 radical (unpaired) electrons. The second-order valence-corrected chi connectivity index (χ2v) is 9.74. The molecule has 0 saturated heterocycles. The van der Waals surface area contributed by atoms with Crippen molar-refractivity contribution in [2.24, 2.45) is 0 Å². The molecule has 2 atom stereocenters. The largest absolute Gasteiger partial charge is 0.339 e. The quantitative estimate of drug-likeness (QED) is 0.0899. The van der Waals surface area contributed by atoms with Crippen LogP contribution in [0.3, 0.4) is 0 Å². The van der Waals surface area contributed by atoms with Crippen molar-refractivity contribution in [3.8, 4) is 0 Å². The van der Waals surface area contributed by atoms with Crippen molar-refractivity contribution in [3.63, 3.8) is 0 Å². The van der Waals surface area contributed by atoms with Crippen LogP contribution >= 0.6 is 41.7 Å². The van der Waals surface area contributed by atoms with Crippen LogP contribution in [0.25, 0.3) is 0 Å². The fourth-order valence-electron chi connectivity index (χ4n) is 3.61. The summed E-state index contributed by atoms with van der Waals surface area (Å²) in [6, 6.07) is 41.0. The molecule has 0 amide bonds. The SMILES string of the molecule is PCC(c1ccccc1)c1ccccc1.P[C-](Cl)C(Cl)(c1ccccc1)c1ccccc1.[Pd].